The number of carbonyl (C=O) groups excluding carboxylic acids is 1. The van der Waals surface area contributed by atoms with Gasteiger partial charge in [-0.1, -0.05) is 40.2 Å². The van der Waals surface area contributed by atoms with Crippen LogP contribution < -0.4 is 10.6 Å². The van der Waals surface area contributed by atoms with Crippen LogP contribution in [0.2, 0.25) is 0 Å². The second-order valence-electron chi connectivity index (χ2n) is 5.34. The predicted octanol–water partition coefficient (Wildman–Crippen LogP) is 5.15. The lowest BCUT2D eigenvalue weighted by Crippen LogP contribution is -2.14. The summed E-state index contributed by atoms with van der Waals surface area (Å²) in [7, 11) is 0. The van der Waals surface area contributed by atoms with Crippen molar-refractivity contribution in [2.24, 2.45) is 0 Å². The van der Waals surface area contributed by atoms with Gasteiger partial charge in [-0.25, -0.2) is 4.98 Å². The SMILES string of the molecule is Cc1ccccc1NC(=O)c1ccc(Nc2cccc(Br)c2)cn1. The Morgan fingerprint density at radius 1 is 1.00 bits per heavy atom. The van der Waals surface area contributed by atoms with E-state index in [0.29, 0.717) is 5.69 Å². The molecule has 1 aromatic heterocycles. The van der Waals surface area contributed by atoms with Crippen molar-refractivity contribution in [3.05, 3.63) is 82.6 Å². The first kappa shape index (κ1) is 16.2. The Labute approximate surface area is 149 Å². The molecule has 120 valence electrons. The van der Waals surface area contributed by atoms with E-state index in [0.717, 1.165) is 27.1 Å². The molecule has 24 heavy (non-hydrogen) atoms. The molecule has 3 rings (SSSR count). The first-order chi connectivity index (χ1) is 11.6. The van der Waals surface area contributed by atoms with Gasteiger partial charge in [0.2, 0.25) is 0 Å². The smallest absolute Gasteiger partial charge is 0.274 e. The molecule has 0 unspecified atom stereocenters. The van der Waals surface area contributed by atoms with Crippen LogP contribution in [0.25, 0.3) is 0 Å². The number of carbonyl (C=O) groups is 1. The summed E-state index contributed by atoms with van der Waals surface area (Å²) < 4.78 is 0.995. The fourth-order valence-corrected chi connectivity index (χ4v) is 2.63. The Hall–Kier alpha value is -2.66. The Morgan fingerprint density at radius 2 is 1.83 bits per heavy atom. The van der Waals surface area contributed by atoms with Gasteiger partial charge in [0.25, 0.3) is 5.91 Å². The summed E-state index contributed by atoms with van der Waals surface area (Å²) in [5, 5.41) is 6.12. The molecular weight excluding hydrogens is 366 g/mol. The van der Waals surface area contributed by atoms with E-state index in [4.69, 9.17) is 0 Å². The van der Waals surface area contributed by atoms with Gasteiger partial charge >= 0.3 is 0 Å². The van der Waals surface area contributed by atoms with E-state index in [9.17, 15) is 4.79 Å². The van der Waals surface area contributed by atoms with Crippen LogP contribution in [0.15, 0.2) is 71.3 Å². The molecule has 0 spiro atoms. The molecule has 0 aliphatic carbocycles. The van der Waals surface area contributed by atoms with Crippen molar-refractivity contribution in [1.82, 2.24) is 4.98 Å². The minimum absolute atomic E-state index is 0.224. The van der Waals surface area contributed by atoms with Gasteiger partial charge in [0.05, 0.1) is 11.9 Å². The highest BCUT2D eigenvalue weighted by molar-refractivity contribution is 9.10. The Kier molecular flexibility index (Phi) is 4.91. The second-order valence-corrected chi connectivity index (χ2v) is 6.25. The normalized spacial score (nSPS) is 10.2. The molecule has 1 heterocycles. The fraction of sp³-hybridized carbons (Fsp3) is 0.0526. The lowest BCUT2D eigenvalue weighted by Gasteiger charge is -2.09. The van der Waals surface area contributed by atoms with Crippen LogP contribution in [0.3, 0.4) is 0 Å². The molecule has 0 saturated carbocycles. The van der Waals surface area contributed by atoms with Crippen molar-refractivity contribution >= 4 is 38.9 Å². The van der Waals surface area contributed by atoms with Crippen LogP contribution in [-0.4, -0.2) is 10.9 Å². The molecule has 0 radical (unpaired) electrons. The maximum Gasteiger partial charge on any atom is 0.274 e. The summed E-state index contributed by atoms with van der Waals surface area (Å²) in [5.41, 5.74) is 3.95. The number of pyridine rings is 1. The van der Waals surface area contributed by atoms with E-state index in [1.165, 1.54) is 0 Å². The molecule has 0 aliphatic rings. The van der Waals surface area contributed by atoms with E-state index in [1.807, 2.05) is 61.5 Å². The minimum Gasteiger partial charge on any atom is -0.354 e. The number of halogens is 1. The Morgan fingerprint density at radius 3 is 2.54 bits per heavy atom. The predicted molar refractivity (Wildman–Crippen MR) is 101 cm³/mol. The van der Waals surface area contributed by atoms with Crippen LogP contribution in [0, 0.1) is 6.92 Å². The van der Waals surface area contributed by atoms with Crippen molar-refractivity contribution in [2.45, 2.75) is 6.92 Å². The van der Waals surface area contributed by atoms with E-state index < -0.39 is 0 Å². The molecule has 4 nitrogen and oxygen atoms in total. The topological polar surface area (TPSA) is 54.0 Å². The van der Waals surface area contributed by atoms with E-state index in [2.05, 4.69) is 31.5 Å². The van der Waals surface area contributed by atoms with Crippen molar-refractivity contribution in [3.8, 4) is 0 Å². The zero-order valence-electron chi connectivity index (χ0n) is 13.1. The van der Waals surface area contributed by atoms with E-state index >= 15 is 0 Å². The van der Waals surface area contributed by atoms with Gasteiger partial charge in [-0.15, -0.1) is 0 Å². The zero-order chi connectivity index (χ0) is 16.9. The third-order valence-electron chi connectivity index (χ3n) is 3.50. The van der Waals surface area contributed by atoms with Crippen molar-refractivity contribution < 1.29 is 4.79 Å². The number of aryl methyl sites for hydroxylation is 1. The summed E-state index contributed by atoms with van der Waals surface area (Å²) in [5.74, 6) is -0.224. The van der Waals surface area contributed by atoms with Crippen LogP contribution in [-0.2, 0) is 0 Å². The van der Waals surface area contributed by atoms with Gasteiger partial charge < -0.3 is 10.6 Å². The standard InChI is InChI=1S/C19H16BrN3O/c1-13-5-2-3-8-17(13)23-19(24)18-10-9-16(12-21-18)22-15-7-4-6-14(20)11-15/h2-12,22H,1H3,(H,23,24). The van der Waals surface area contributed by atoms with Crippen LogP contribution >= 0.6 is 15.9 Å². The molecule has 5 heteroatoms. The molecule has 3 aromatic rings. The van der Waals surface area contributed by atoms with Crippen molar-refractivity contribution in [1.29, 1.82) is 0 Å². The number of hydrogen-bond acceptors (Lipinski definition) is 3. The Bertz CT molecular complexity index is 862. The van der Waals surface area contributed by atoms with Crippen LogP contribution in [0.4, 0.5) is 17.1 Å². The van der Waals surface area contributed by atoms with Gasteiger partial charge in [0.1, 0.15) is 5.69 Å². The largest absolute Gasteiger partial charge is 0.354 e. The van der Waals surface area contributed by atoms with Gasteiger partial charge in [-0.05, 0) is 48.9 Å². The number of nitrogens with one attached hydrogen (secondary N) is 2. The molecule has 0 saturated heterocycles. The van der Waals surface area contributed by atoms with Crippen molar-refractivity contribution in [2.75, 3.05) is 10.6 Å². The van der Waals surface area contributed by atoms with Crippen molar-refractivity contribution in [3.63, 3.8) is 0 Å². The fourth-order valence-electron chi connectivity index (χ4n) is 2.23. The number of nitrogens with zero attached hydrogens (tertiary/aromatic N) is 1. The Balaban J connectivity index is 1.70. The zero-order valence-corrected chi connectivity index (χ0v) is 14.7. The first-order valence-electron chi connectivity index (χ1n) is 7.47. The highest BCUT2D eigenvalue weighted by Crippen LogP contribution is 2.20. The number of rotatable bonds is 4. The average Bonchev–Trinajstić information content (AvgIpc) is 2.57. The highest BCUT2D eigenvalue weighted by atomic mass is 79.9. The number of aromatic nitrogens is 1. The number of benzene rings is 2. The summed E-state index contributed by atoms with van der Waals surface area (Å²) in [6.45, 7) is 1.95. The quantitative estimate of drug-likeness (QED) is 0.656. The highest BCUT2D eigenvalue weighted by Gasteiger charge is 2.09. The lowest BCUT2D eigenvalue weighted by molar-refractivity contribution is 0.102. The van der Waals surface area contributed by atoms with Gasteiger partial charge in [-0.2, -0.15) is 0 Å². The minimum atomic E-state index is -0.224. The maximum atomic E-state index is 12.3. The molecule has 0 aliphatic heterocycles. The van der Waals surface area contributed by atoms with Crippen LogP contribution in [0.5, 0.6) is 0 Å². The summed E-state index contributed by atoms with van der Waals surface area (Å²) in [6.07, 6.45) is 1.65. The molecule has 1 amide bonds. The van der Waals surface area contributed by atoms with E-state index in [-0.39, 0.29) is 5.91 Å². The lowest BCUT2D eigenvalue weighted by atomic mass is 10.2. The molecule has 0 fully saturated rings. The summed E-state index contributed by atoms with van der Waals surface area (Å²) in [4.78, 5) is 16.5. The van der Waals surface area contributed by atoms with Crippen LogP contribution in [0.1, 0.15) is 16.1 Å². The number of para-hydroxylation sites is 1. The monoisotopic (exact) mass is 381 g/mol. The molecular formula is C19H16BrN3O. The summed E-state index contributed by atoms with van der Waals surface area (Å²) in [6, 6.07) is 19.0. The van der Waals surface area contributed by atoms with E-state index in [1.54, 1.807) is 12.3 Å². The number of amides is 1. The third kappa shape index (κ3) is 4.00. The first-order valence-corrected chi connectivity index (χ1v) is 8.27. The summed E-state index contributed by atoms with van der Waals surface area (Å²) >= 11 is 3.43. The number of hydrogen-bond donors (Lipinski definition) is 2. The van der Waals surface area contributed by atoms with Gasteiger partial charge in [0.15, 0.2) is 0 Å². The van der Waals surface area contributed by atoms with Gasteiger partial charge in [0, 0.05) is 15.8 Å². The third-order valence-corrected chi connectivity index (χ3v) is 4.00. The average molecular weight is 382 g/mol. The molecule has 0 atom stereocenters. The second kappa shape index (κ2) is 7.27. The molecule has 0 bridgehead atoms. The number of anilines is 3. The van der Waals surface area contributed by atoms with Gasteiger partial charge in [-0.3, -0.25) is 4.79 Å². The maximum absolute atomic E-state index is 12.3. The molecule has 2 N–H and O–H groups in total. The molecule has 2 aromatic carbocycles.